The van der Waals surface area contributed by atoms with Gasteiger partial charge in [0.15, 0.2) is 0 Å². The van der Waals surface area contributed by atoms with E-state index in [1.165, 1.54) is 15.6 Å². The van der Waals surface area contributed by atoms with Crippen LogP contribution >= 0.6 is 11.3 Å². The van der Waals surface area contributed by atoms with Crippen molar-refractivity contribution in [2.24, 2.45) is 0 Å². The van der Waals surface area contributed by atoms with Gasteiger partial charge in [0.2, 0.25) is 0 Å². The van der Waals surface area contributed by atoms with Gasteiger partial charge < -0.3 is 5.32 Å². The molecule has 0 saturated carbocycles. The molecule has 2 N–H and O–H groups in total. The van der Waals surface area contributed by atoms with Crippen LogP contribution in [0.4, 0.5) is 0 Å². The normalized spacial score (nSPS) is 18.4. The fraction of sp³-hybridized carbons (Fsp3) is 0.667. The fourth-order valence-electron chi connectivity index (χ4n) is 1.61. The lowest BCUT2D eigenvalue weighted by molar-refractivity contribution is 0.354. The van der Waals surface area contributed by atoms with Crippen LogP contribution in [-0.2, 0) is 16.8 Å². The largest absolute Gasteiger partial charge is 0.314 e. The highest BCUT2D eigenvalue weighted by Crippen LogP contribution is 2.11. The van der Waals surface area contributed by atoms with E-state index in [4.69, 9.17) is 0 Å². The van der Waals surface area contributed by atoms with Crippen LogP contribution in [0.1, 0.15) is 9.88 Å². The van der Waals surface area contributed by atoms with Gasteiger partial charge in [-0.2, -0.15) is 17.4 Å². The van der Waals surface area contributed by atoms with Gasteiger partial charge >= 0.3 is 0 Å². The molecule has 0 aliphatic carbocycles. The van der Waals surface area contributed by atoms with Crippen LogP contribution in [0.5, 0.6) is 0 Å². The third-order valence-electron chi connectivity index (χ3n) is 2.49. The predicted octanol–water partition coefficient (Wildman–Crippen LogP) is -0.309. The Kier molecular flexibility index (Phi) is 4.10. The van der Waals surface area contributed by atoms with Crippen LogP contribution in [-0.4, -0.2) is 43.9 Å². The van der Waals surface area contributed by atoms with E-state index in [9.17, 15) is 8.42 Å². The average molecular weight is 276 g/mol. The smallest absolute Gasteiger partial charge is 0.279 e. The van der Waals surface area contributed by atoms with Crippen molar-refractivity contribution in [2.45, 2.75) is 13.5 Å². The number of aryl methyl sites for hydroxylation is 1. The van der Waals surface area contributed by atoms with Crippen LogP contribution in [0.25, 0.3) is 0 Å². The fourth-order valence-corrected chi connectivity index (χ4v) is 3.60. The lowest BCUT2D eigenvalue weighted by Crippen LogP contribution is -2.50. The van der Waals surface area contributed by atoms with E-state index < -0.39 is 10.2 Å². The molecule has 1 aromatic rings. The summed E-state index contributed by atoms with van der Waals surface area (Å²) >= 11 is 1.51. The SMILES string of the molecule is Cc1cnc(CNS(=O)(=O)N2CCNCC2)s1. The Morgan fingerprint density at radius 3 is 2.82 bits per heavy atom. The minimum absolute atomic E-state index is 0.269. The number of thiazole rings is 1. The summed E-state index contributed by atoms with van der Waals surface area (Å²) in [5.41, 5.74) is 0. The van der Waals surface area contributed by atoms with Crippen LogP contribution in [0.3, 0.4) is 0 Å². The molecule has 6 nitrogen and oxygen atoms in total. The van der Waals surface area contributed by atoms with Gasteiger partial charge in [0, 0.05) is 37.3 Å². The van der Waals surface area contributed by atoms with E-state index in [2.05, 4.69) is 15.0 Å². The summed E-state index contributed by atoms with van der Waals surface area (Å²) in [6.45, 7) is 4.67. The molecule has 0 aromatic carbocycles. The molecule has 1 fully saturated rings. The molecule has 1 aliphatic heterocycles. The molecule has 0 bridgehead atoms. The zero-order valence-electron chi connectivity index (χ0n) is 9.64. The van der Waals surface area contributed by atoms with Crippen molar-refractivity contribution in [2.75, 3.05) is 26.2 Å². The maximum atomic E-state index is 11.9. The number of nitrogens with one attached hydrogen (secondary N) is 2. The van der Waals surface area contributed by atoms with Gasteiger partial charge in [-0.3, -0.25) is 0 Å². The first-order valence-electron chi connectivity index (χ1n) is 5.45. The Morgan fingerprint density at radius 1 is 1.53 bits per heavy atom. The molecular formula is C9H16N4O2S2. The molecule has 0 unspecified atom stereocenters. The maximum Gasteiger partial charge on any atom is 0.279 e. The van der Waals surface area contributed by atoms with E-state index in [0.29, 0.717) is 26.2 Å². The summed E-state index contributed by atoms with van der Waals surface area (Å²) < 4.78 is 27.9. The minimum atomic E-state index is -3.36. The standard InChI is InChI=1S/C9H16N4O2S2/c1-8-6-11-9(16-8)7-12-17(14,15)13-4-2-10-3-5-13/h6,10,12H,2-5,7H2,1H3. The second-order valence-corrected chi connectivity index (χ2v) is 6.91. The van der Waals surface area contributed by atoms with Gasteiger partial charge in [-0.1, -0.05) is 0 Å². The maximum absolute atomic E-state index is 11.9. The molecule has 0 radical (unpaired) electrons. The van der Waals surface area contributed by atoms with E-state index in [1.54, 1.807) is 6.20 Å². The van der Waals surface area contributed by atoms with Crippen LogP contribution in [0, 0.1) is 6.92 Å². The van der Waals surface area contributed by atoms with Gasteiger partial charge in [-0.05, 0) is 6.92 Å². The molecule has 1 aliphatic rings. The Hall–Kier alpha value is -0.540. The Labute approximate surface area is 105 Å². The summed E-state index contributed by atoms with van der Waals surface area (Å²) in [5.74, 6) is 0. The van der Waals surface area contributed by atoms with Crippen LogP contribution < -0.4 is 10.0 Å². The summed E-state index contributed by atoms with van der Waals surface area (Å²) in [6, 6.07) is 0. The zero-order chi connectivity index (χ0) is 12.3. The van der Waals surface area contributed by atoms with E-state index in [0.717, 1.165) is 9.88 Å². The first-order valence-corrected chi connectivity index (χ1v) is 7.70. The third kappa shape index (κ3) is 3.46. The van der Waals surface area contributed by atoms with Gasteiger partial charge in [-0.25, -0.2) is 4.98 Å². The highest BCUT2D eigenvalue weighted by atomic mass is 32.2. The molecule has 8 heteroatoms. The molecule has 0 atom stereocenters. The Balaban J connectivity index is 1.92. The highest BCUT2D eigenvalue weighted by Gasteiger charge is 2.23. The average Bonchev–Trinajstić information content (AvgIpc) is 2.74. The summed E-state index contributed by atoms with van der Waals surface area (Å²) in [7, 11) is -3.36. The van der Waals surface area contributed by atoms with Crippen LogP contribution in [0.15, 0.2) is 6.20 Å². The molecule has 1 saturated heterocycles. The molecular weight excluding hydrogens is 260 g/mol. The number of piperazine rings is 1. The third-order valence-corrected chi connectivity index (χ3v) is 4.96. The van der Waals surface area contributed by atoms with Crippen molar-refractivity contribution >= 4 is 21.5 Å². The van der Waals surface area contributed by atoms with Gasteiger partial charge in [0.25, 0.3) is 10.2 Å². The van der Waals surface area contributed by atoms with Gasteiger partial charge in [0.05, 0.1) is 6.54 Å². The van der Waals surface area contributed by atoms with Crippen molar-refractivity contribution in [3.05, 3.63) is 16.1 Å². The number of hydrogen-bond donors (Lipinski definition) is 2. The van der Waals surface area contributed by atoms with E-state index in [1.807, 2.05) is 6.92 Å². The molecule has 2 heterocycles. The van der Waals surface area contributed by atoms with Crippen molar-refractivity contribution < 1.29 is 8.42 Å². The monoisotopic (exact) mass is 276 g/mol. The first kappa shape index (κ1) is 12.9. The van der Waals surface area contributed by atoms with Crippen molar-refractivity contribution in [3.8, 4) is 0 Å². The molecule has 17 heavy (non-hydrogen) atoms. The number of aromatic nitrogens is 1. The quantitative estimate of drug-likeness (QED) is 0.791. The molecule has 2 rings (SSSR count). The summed E-state index contributed by atoms with van der Waals surface area (Å²) in [5, 5.41) is 3.91. The lowest BCUT2D eigenvalue weighted by Gasteiger charge is -2.26. The van der Waals surface area contributed by atoms with E-state index in [-0.39, 0.29) is 6.54 Å². The Bertz CT molecular complexity index is 465. The Morgan fingerprint density at radius 2 is 2.24 bits per heavy atom. The minimum Gasteiger partial charge on any atom is -0.314 e. The summed E-state index contributed by atoms with van der Waals surface area (Å²) in [4.78, 5) is 5.21. The lowest BCUT2D eigenvalue weighted by atomic mass is 10.4. The topological polar surface area (TPSA) is 74.3 Å². The second-order valence-electron chi connectivity index (χ2n) is 3.84. The number of rotatable bonds is 4. The van der Waals surface area contributed by atoms with E-state index >= 15 is 0 Å². The number of nitrogens with zero attached hydrogens (tertiary/aromatic N) is 2. The van der Waals surface area contributed by atoms with Gasteiger partial charge in [-0.15, -0.1) is 11.3 Å². The second kappa shape index (κ2) is 5.40. The van der Waals surface area contributed by atoms with Gasteiger partial charge in [0.1, 0.15) is 5.01 Å². The molecule has 0 spiro atoms. The summed E-state index contributed by atoms with van der Waals surface area (Å²) in [6.07, 6.45) is 1.75. The molecule has 1 aromatic heterocycles. The molecule has 0 amide bonds. The van der Waals surface area contributed by atoms with Crippen molar-refractivity contribution in [1.29, 1.82) is 0 Å². The predicted molar refractivity (Wildman–Crippen MR) is 67.1 cm³/mol. The first-order chi connectivity index (χ1) is 8.08. The van der Waals surface area contributed by atoms with Crippen LogP contribution in [0.2, 0.25) is 0 Å². The molecule has 96 valence electrons. The van der Waals surface area contributed by atoms with Crippen molar-refractivity contribution in [1.82, 2.24) is 19.3 Å². The number of hydrogen-bond acceptors (Lipinski definition) is 5. The van der Waals surface area contributed by atoms with Crippen molar-refractivity contribution in [3.63, 3.8) is 0 Å². The highest BCUT2D eigenvalue weighted by molar-refractivity contribution is 7.87. The zero-order valence-corrected chi connectivity index (χ0v) is 11.3.